The standard InChI is InChI=1S/C20H26N2O4/c1-13(2)16-4-3-7-21(16)20(24)14-10-19(23)22(12-14)15-5-6-17-18(11-15)26-9-8-25-17/h5-6,11,13-14,16H,3-4,7-10,12H2,1-2H3. The lowest BCUT2D eigenvalue weighted by atomic mass is 10.00. The minimum absolute atomic E-state index is 0.000298. The van der Waals surface area contributed by atoms with E-state index in [4.69, 9.17) is 9.47 Å². The van der Waals surface area contributed by atoms with Crippen LogP contribution >= 0.6 is 0 Å². The van der Waals surface area contributed by atoms with Crippen molar-refractivity contribution in [1.29, 1.82) is 0 Å². The van der Waals surface area contributed by atoms with Crippen molar-refractivity contribution in [1.82, 2.24) is 4.90 Å². The minimum atomic E-state index is -0.255. The summed E-state index contributed by atoms with van der Waals surface area (Å²) in [6.45, 7) is 6.64. The number of anilines is 1. The van der Waals surface area contributed by atoms with E-state index in [0.29, 0.717) is 43.2 Å². The average Bonchev–Trinajstić information content (AvgIpc) is 3.27. The van der Waals surface area contributed by atoms with Crippen molar-refractivity contribution >= 4 is 17.5 Å². The van der Waals surface area contributed by atoms with E-state index in [-0.39, 0.29) is 24.2 Å². The summed E-state index contributed by atoms with van der Waals surface area (Å²) in [5.41, 5.74) is 0.774. The number of nitrogens with zero attached hydrogens (tertiary/aromatic N) is 2. The predicted octanol–water partition coefficient (Wildman–Crippen LogP) is 2.46. The van der Waals surface area contributed by atoms with E-state index >= 15 is 0 Å². The van der Waals surface area contributed by atoms with Crippen LogP contribution in [0.2, 0.25) is 0 Å². The second-order valence-corrected chi connectivity index (χ2v) is 7.72. The van der Waals surface area contributed by atoms with Crippen molar-refractivity contribution < 1.29 is 19.1 Å². The number of amides is 2. The van der Waals surface area contributed by atoms with Crippen molar-refractivity contribution in [2.45, 2.75) is 39.2 Å². The zero-order chi connectivity index (χ0) is 18.3. The third-order valence-electron chi connectivity index (χ3n) is 5.66. The minimum Gasteiger partial charge on any atom is -0.486 e. The number of hydrogen-bond acceptors (Lipinski definition) is 4. The van der Waals surface area contributed by atoms with Crippen LogP contribution in [0.1, 0.15) is 33.1 Å². The van der Waals surface area contributed by atoms with Gasteiger partial charge in [0.25, 0.3) is 0 Å². The first-order chi connectivity index (χ1) is 12.5. The Balaban J connectivity index is 1.49. The van der Waals surface area contributed by atoms with Crippen LogP contribution in [0.5, 0.6) is 11.5 Å². The number of rotatable bonds is 3. The van der Waals surface area contributed by atoms with E-state index in [0.717, 1.165) is 25.1 Å². The Morgan fingerprint density at radius 1 is 1.19 bits per heavy atom. The third kappa shape index (κ3) is 3.02. The summed E-state index contributed by atoms with van der Waals surface area (Å²) >= 11 is 0. The number of benzene rings is 1. The Kier molecular flexibility index (Phi) is 4.51. The molecule has 6 heteroatoms. The second-order valence-electron chi connectivity index (χ2n) is 7.72. The van der Waals surface area contributed by atoms with Gasteiger partial charge in [0.2, 0.25) is 11.8 Å². The number of likely N-dealkylation sites (tertiary alicyclic amines) is 1. The number of carbonyl (C=O) groups excluding carboxylic acids is 2. The van der Waals surface area contributed by atoms with Crippen LogP contribution in [0, 0.1) is 11.8 Å². The van der Waals surface area contributed by atoms with Gasteiger partial charge in [0.1, 0.15) is 13.2 Å². The molecule has 0 spiro atoms. The molecule has 6 nitrogen and oxygen atoms in total. The highest BCUT2D eigenvalue weighted by Crippen LogP contribution is 2.36. The lowest BCUT2D eigenvalue weighted by Crippen LogP contribution is -2.42. The Hall–Kier alpha value is -2.24. The SMILES string of the molecule is CC(C)C1CCCN1C(=O)C1CC(=O)N(c2ccc3c(c2)OCCO3)C1. The molecule has 2 amide bonds. The molecule has 0 N–H and O–H groups in total. The number of ether oxygens (including phenoxy) is 2. The molecule has 26 heavy (non-hydrogen) atoms. The lowest BCUT2D eigenvalue weighted by Gasteiger charge is -2.30. The molecule has 3 aliphatic rings. The van der Waals surface area contributed by atoms with Gasteiger partial charge >= 0.3 is 0 Å². The van der Waals surface area contributed by atoms with Gasteiger partial charge in [-0.15, -0.1) is 0 Å². The monoisotopic (exact) mass is 358 g/mol. The largest absolute Gasteiger partial charge is 0.486 e. The maximum atomic E-state index is 13.0. The topological polar surface area (TPSA) is 59.1 Å². The molecule has 0 aliphatic carbocycles. The van der Waals surface area contributed by atoms with Crippen LogP contribution in [0.15, 0.2) is 18.2 Å². The summed E-state index contributed by atoms with van der Waals surface area (Å²) in [7, 11) is 0. The van der Waals surface area contributed by atoms with Crippen LogP contribution in [0.4, 0.5) is 5.69 Å². The van der Waals surface area contributed by atoms with E-state index in [1.807, 2.05) is 23.1 Å². The fourth-order valence-electron chi connectivity index (χ4n) is 4.32. The Morgan fingerprint density at radius 3 is 2.73 bits per heavy atom. The van der Waals surface area contributed by atoms with Crippen LogP contribution in [0.3, 0.4) is 0 Å². The van der Waals surface area contributed by atoms with Gasteiger partial charge in [-0.25, -0.2) is 0 Å². The molecule has 2 atom stereocenters. The van der Waals surface area contributed by atoms with Gasteiger partial charge in [-0.3, -0.25) is 9.59 Å². The van der Waals surface area contributed by atoms with Crippen LogP contribution in [-0.4, -0.2) is 49.1 Å². The quantitative estimate of drug-likeness (QED) is 0.833. The molecule has 2 unspecified atom stereocenters. The van der Waals surface area contributed by atoms with Crippen molar-refractivity contribution in [3.63, 3.8) is 0 Å². The smallest absolute Gasteiger partial charge is 0.228 e. The molecular weight excluding hydrogens is 332 g/mol. The van der Waals surface area contributed by atoms with E-state index in [2.05, 4.69) is 13.8 Å². The number of hydrogen-bond donors (Lipinski definition) is 0. The summed E-state index contributed by atoms with van der Waals surface area (Å²) in [6, 6.07) is 5.85. The first kappa shape index (κ1) is 17.2. The molecule has 3 heterocycles. The average molecular weight is 358 g/mol. The van der Waals surface area contributed by atoms with Crippen molar-refractivity contribution in [3.05, 3.63) is 18.2 Å². The zero-order valence-corrected chi connectivity index (χ0v) is 15.4. The van der Waals surface area contributed by atoms with Crippen molar-refractivity contribution in [2.75, 3.05) is 31.2 Å². The fraction of sp³-hybridized carbons (Fsp3) is 0.600. The highest BCUT2D eigenvalue weighted by molar-refractivity contribution is 6.00. The molecule has 1 aromatic carbocycles. The van der Waals surface area contributed by atoms with E-state index in [9.17, 15) is 9.59 Å². The van der Waals surface area contributed by atoms with Crippen molar-refractivity contribution in [3.8, 4) is 11.5 Å². The van der Waals surface area contributed by atoms with Crippen LogP contribution in [0.25, 0.3) is 0 Å². The molecule has 0 aromatic heterocycles. The number of fused-ring (bicyclic) bond motifs is 1. The van der Waals surface area contributed by atoms with Gasteiger partial charge in [-0.05, 0) is 30.9 Å². The van der Waals surface area contributed by atoms with Gasteiger partial charge in [0.05, 0.1) is 5.92 Å². The summed E-state index contributed by atoms with van der Waals surface area (Å²) in [5, 5.41) is 0. The maximum absolute atomic E-state index is 13.0. The molecule has 0 saturated carbocycles. The van der Waals surface area contributed by atoms with Gasteiger partial charge in [-0.2, -0.15) is 0 Å². The summed E-state index contributed by atoms with van der Waals surface area (Å²) in [5.74, 6) is 1.70. The molecule has 2 fully saturated rings. The first-order valence-electron chi connectivity index (χ1n) is 9.55. The van der Waals surface area contributed by atoms with Gasteiger partial charge in [-0.1, -0.05) is 13.8 Å². The maximum Gasteiger partial charge on any atom is 0.228 e. The van der Waals surface area contributed by atoms with Gasteiger partial charge < -0.3 is 19.3 Å². The molecule has 140 valence electrons. The van der Waals surface area contributed by atoms with Crippen LogP contribution in [-0.2, 0) is 9.59 Å². The number of carbonyl (C=O) groups is 2. The third-order valence-corrected chi connectivity index (χ3v) is 5.66. The fourth-order valence-corrected chi connectivity index (χ4v) is 4.32. The molecule has 4 rings (SSSR count). The van der Waals surface area contributed by atoms with Crippen LogP contribution < -0.4 is 14.4 Å². The second kappa shape index (κ2) is 6.82. The summed E-state index contributed by atoms with van der Waals surface area (Å²) in [4.78, 5) is 29.3. The van der Waals surface area contributed by atoms with Crippen molar-refractivity contribution in [2.24, 2.45) is 11.8 Å². The first-order valence-corrected chi connectivity index (χ1v) is 9.55. The van der Waals surface area contributed by atoms with E-state index < -0.39 is 0 Å². The Morgan fingerprint density at radius 2 is 1.96 bits per heavy atom. The predicted molar refractivity (Wildman–Crippen MR) is 97.5 cm³/mol. The summed E-state index contributed by atoms with van der Waals surface area (Å²) in [6.07, 6.45) is 2.41. The van der Waals surface area contributed by atoms with E-state index in [1.165, 1.54) is 0 Å². The Labute approximate surface area is 154 Å². The van der Waals surface area contributed by atoms with Gasteiger partial charge in [0.15, 0.2) is 11.5 Å². The molecule has 1 aromatic rings. The lowest BCUT2D eigenvalue weighted by molar-refractivity contribution is -0.137. The molecule has 2 saturated heterocycles. The molecule has 3 aliphatic heterocycles. The molecule has 0 radical (unpaired) electrons. The normalized spacial score (nSPS) is 25.3. The molecule has 0 bridgehead atoms. The zero-order valence-electron chi connectivity index (χ0n) is 15.4. The summed E-state index contributed by atoms with van der Waals surface area (Å²) < 4.78 is 11.2. The highest BCUT2D eigenvalue weighted by Gasteiger charge is 2.41. The molecular formula is C20H26N2O4. The van der Waals surface area contributed by atoms with Gasteiger partial charge in [0, 0.05) is 37.3 Å². The van der Waals surface area contributed by atoms with E-state index in [1.54, 1.807) is 4.90 Å². The highest BCUT2D eigenvalue weighted by atomic mass is 16.6. The Bertz CT molecular complexity index is 718.